The monoisotopic (exact) mass is 520 g/mol. The van der Waals surface area contributed by atoms with Crippen LogP contribution in [0.15, 0.2) is 18.2 Å². The molecule has 0 aromatic heterocycles. The predicted octanol–water partition coefficient (Wildman–Crippen LogP) is 1.85. The summed E-state index contributed by atoms with van der Waals surface area (Å²) in [5.41, 5.74) is 6.39. The molecule has 1 aromatic rings. The number of carbonyl (C=O) groups excluding carboxylic acids is 4. The van der Waals surface area contributed by atoms with E-state index in [1.807, 2.05) is 13.8 Å². The zero-order chi connectivity index (χ0) is 26.1. The number of hydrogen-bond acceptors (Lipinski definition) is 7. The molecule has 3 aliphatic rings. The fraction of sp³-hybridized carbons (Fsp3) is 0.600. The topological polar surface area (TPSA) is 140 Å². The lowest BCUT2D eigenvalue weighted by Gasteiger charge is -2.38. The van der Waals surface area contributed by atoms with Gasteiger partial charge in [0.05, 0.1) is 17.1 Å². The highest BCUT2D eigenvalue weighted by molar-refractivity contribution is 6.33. The molecule has 3 fully saturated rings. The van der Waals surface area contributed by atoms with E-state index in [1.54, 1.807) is 17.9 Å². The maximum absolute atomic E-state index is 13.8. The molecule has 4 N–H and O–H groups in total. The van der Waals surface area contributed by atoms with Crippen molar-refractivity contribution in [2.45, 2.75) is 76.9 Å². The fourth-order valence-electron chi connectivity index (χ4n) is 5.45. The highest BCUT2D eigenvalue weighted by atomic mass is 35.5. The minimum atomic E-state index is -0.844. The summed E-state index contributed by atoms with van der Waals surface area (Å²) >= 11 is 6.07. The Morgan fingerprint density at radius 2 is 2.03 bits per heavy atom. The van der Waals surface area contributed by atoms with Crippen LogP contribution in [0.5, 0.6) is 0 Å². The number of nitrogens with zero attached hydrogens (tertiary/aromatic N) is 1. The molecular weight excluding hydrogens is 488 g/mol. The Bertz CT molecular complexity index is 1050. The molecule has 0 spiro atoms. The van der Waals surface area contributed by atoms with E-state index >= 15 is 0 Å². The number of piperidine rings is 1. The number of cyclic esters (lactones) is 1. The van der Waals surface area contributed by atoms with Gasteiger partial charge in [0.25, 0.3) is 5.91 Å². The second kappa shape index (κ2) is 10.6. The third-order valence-corrected chi connectivity index (χ3v) is 7.54. The maximum Gasteiger partial charge on any atom is 0.310 e. The van der Waals surface area contributed by atoms with Crippen molar-refractivity contribution in [2.75, 3.05) is 12.3 Å². The molecule has 36 heavy (non-hydrogen) atoms. The van der Waals surface area contributed by atoms with Gasteiger partial charge in [-0.25, -0.2) is 0 Å². The van der Waals surface area contributed by atoms with Crippen LogP contribution in [0, 0.1) is 11.8 Å². The van der Waals surface area contributed by atoms with Gasteiger partial charge in [0, 0.05) is 18.2 Å². The third kappa shape index (κ3) is 5.15. The van der Waals surface area contributed by atoms with Crippen molar-refractivity contribution in [2.24, 2.45) is 11.8 Å². The average molecular weight is 521 g/mol. The molecule has 3 amide bonds. The maximum atomic E-state index is 13.8. The van der Waals surface area contributed by atoms with Crippen molar-refractivity contribution in [1.82, 2.24) is 15.5 Å². The Morgan fingerprint density at radius 3 is 2.69 bits per heavy atom. The Morgan fingerprint density at radius 1 is 1.28 bits per heavy atom. The van der Waals surface area contributed by atoms with Gasteiger partial charge in [0.2, 0.25) is 18.1 Å². The summed E-state index contributed by atoms with van der Waals surface area (Å²) in [5, 5.41) is 5.97. The van der Waals surface area contributed by atoms with Gasteiger partial charge >= 0.3 is 5.97 Å². The van der Waals surface area contributed by atoms with E-state index in [9.17, 15) is 19.2 Å². The van der Waals surface area contributed by atoms with Gasteiger partial charge in [-0.1, -0.05) is 25.4 Å². The van der Waals surface area contributed by atoms with Crippen molar-refractivity contribution < 1.29 is 28.7 Å². The van der Waals surface area contributed by atoms with Crippen LogP contribution in [0.25, 0.3) is 0 Å². The smallest absolute Gasteiger partial charge is 0.310 e. The van der Waals surface area contributed by atoms with Gasteiger partial charge in [-0.3, -0.25) is 19.2 Å². The van der Waals surface area contributed by atoms with E-state index in [1.165, 1.54) is 12.1 Å². The third-order valence-electron chi connectivity index (χ3n) is 7.21. The molecule has 0 radical (unpaired) electrons. The second-order valence-corrected chi connectivity index (χ2v) is 10.4. The van der Waals surface area contributed by atoms with Crippen LogP contribution < -0.4 is 16.4 Å². The number of benzene rings is 1. The number of ether oxygens (including phenoxy) is 2. The second-order valence-electron chi connectivity index (χ2n) is 9.98. The number of halogens is 1. The highest BCUT2D eigenvalue weighted by Gasteiger charge is 2.53. The number of likely N-dealkylation sites (tertiary alicyclic amines) is 1. The largest absolute Gasteiger partial charge is 0.433 e. The zero-order valence-electron chi connectivity index (χ0n) is 20.7. The summed E-state index contributed by atoms with van der Waals surface area (Å²) in [4.78, 5) is 53.6. The van der Waals surface area contributed by atoms with Gasteiger partial charge in [-0.15, -0.1) is 0 Å². The number of nitrogens with two attached hydrogens (primary N) is 1. The predicted molar refractivity (Wildman–Crippen MR) is 132 cm³/mol. The van der Waals surface area contributed by atoms with Crippen molar-refractivity contribution in [3.63, 3.8) is 0 Å². The van der Waals surface area contributed by atoms with E-state index in [0.717, 1.165) is 19.3 Å². The normalized spacial score (nSPS) is 27.8. The van der Waals surface area contributed by atoms with Crippen LogP contribution in [0.4, 0.5) is 5.69 Å². The first-order chi connectivity index (χ1) is 17.1. The van der Waals surface area contributed by atoms with Crippen LogP contribution in [0.1, 0.15) is 56.8 Å². The Hall–Kier alpha value is -2.85. The van der Waals surface area contributed by atoms with E-state index < -0.39 is 36.3 Å². The summed E-state index contributed by atoms with van der Waals surface area (Å²) in [6, 6.07) is 2.34. The van der Waals surface area contributed by atoms with Crippen LogP contribution in [-0.4, -0.2) is 65.7 Å². The number of esters is 1. The number of fused-ring (bicyclic) bond motifs is 2. The Balaban J connectivity index is 1.51. The quantitative estimate of drug-likeness (QED) is 0.351. The molecule has 196 valence electrons. The SMILES string of the molecule is CCO[C@@H]1OC(=O)CC1NC(=O)C1[C@H]2CCC(C2)N1C(=O)[C@@H](NC(=O)c1ccc(N)c(Cl)c1)C(C)C. The molecule has 1 aromatic carbocycles. The van der Waals surface area contributed by atoms with Crippen LogP contribution in [0.2, 0.25) is 5.02 Å². The van der Waals surface area contributed by atoms with Gasteiger partial charge in [-0.2, -0.15) is 0 Å². The molecule has 4 rings (SSSR count). The standard InChI is InChI=1S/C25H33ClN4O6/c1-4-35-25-18(11-19(31)36-25)28-23(33)21-13-5-7-15(9-13)30(21)24(34)20(12(2)3)29-22(32)14-6-8-17(27)16(26)10-14/h6,8,10,12-13,15,18,20-21,25H,4-5,7,9,11,27H2,1-3H3,(H,28,33)(H,29,32)/t13-,15?,18?,20-,21?,25+/m0/s1. The molecule has 10 nitrogen and oxygen atoms in total. The first kappa shape index (κ1) is 26.2. The number of amides is 3. The van der Waals surface area contributed by atoms with Crippen LogP contribution in [-0.2, 0) is 23.9 Å². The first-order valence-electron chi connectivity index (χ1n) is 12.4. The van der Waals surface area contributed by atoms with Crippen LogP contribution in [0.3, 0.4) is 0 Å². The van der Waals surface area contributed by atoms with Crippen molar-refractivity contribution in [1.29, 1.82) is 0 Å². The first-order valence-corrected chi connectivity index (χ1v) is 12.8. The highest BCUT2D eigenvalue weighted by Crippen LogP contribution is 2.43. The molecular formula is C25H33ClN4O6. The number of rotatable bonds is 8. The summed E-state index contributed by atoms with van der Waals surface area (Å²) in [5.74, 6) is -1.73. The molecule has 1 saturated carbocycles. The molecule has 2 bridgehead atoms. The lowest BCUT2D eigenvalue weighted by molar-refractivity contribution is -0.165. The lowest BCUT2D eigenvalue weighted by atomic mass is 9.95. The number of nitrogen functional groups attached to an aromatic ring is 1. The molecule has 3 unspecified atom stereocenters. The van der Waals surface area contributed by atoms with E-state index in [2.05, 4.69) is 10.6 Å². The minimum Gasteiger partial charge on any atom is -0.433 e. The van der Waals surface area contributed by atoms with E-state index in [-0.39, 0.29) is 46.7 Å². The molecule has 11 heteroatoms. The van der Waals surface area contributed by atoms with E-state index in [0.29, 0.717) is 12.3 Å². The lowest BCUT2D eigenvalue weighted by Crippen LogP contribution is -2.60. The molecule has 1 aliphatic carbocycles. The van der Waals surface area contributed by atoms with Gasteiger partial charge in [-0.05, 0) is 56.2 Å². The van der Waals surface area contributed by atoms with Crippen molar-refractivity contribution >= 4 is 41.0 Å². The summed E-state index contributed by atoms with van der Waals surface area (Å²) in [6.07, 6.45) is 1.54. The van der Waals surface area contributed by atoms with Gasteiger partial charge in [0.1, 0.15) is 18.1 Å². The van der Waals surface area contributed by atoms with Crippen LogP contribution >= 0.6 is 11.6 Å². The summed E-state index contributed by atoms with van der Waals surface area (Å²) in [6.45, 7) is 5.80. The Kier molecular flexibility index (Phi) is 7.75. The molecule has 2 heterocycles. The number of nitrogens with one attached hydrogen (secondary N) is 2. The average Bonchev–Trinajstić information content (AvgIpc) is 3.53. The molecule has 2 aliphatic heterocycles. The zero-order valence-corrected chi connectivity index (χ0v) is 21.4. The van der Waals surface area contributed by atoms with Crippen molar-refractivity contribution in [3.8, 4) is 0 Å². The minimum absolute atomic E-state index is 0.0139. The van der Waals surface area contributed by atoms with Gasteiger partial charge in [0.15, 0.2) is 0 Å². The fourth-order valence-corrected chi connectivity index (χ4v) is 5.63. The van der Waals surface area contributed by atoms with Crippen molar-refractivity contribution in [3.05, 3.63) is 28.8 Å². The summed E-state index contributed by atoms with van der Waals surface area (Å²) in [7, 11) is 0. The molecule has 6 atom stereocenters. The number of anilines is 1. The Labute approximate surface area is 215 Å². The van der Waals surface area contributed by atoms with Gasteiger partial charge < -0.3 is 30.7 Å². The molecule has 2 saturated heterocycles. The number of carbonyl (C=O) groups is 4. The summed E-state index contributed by atoms with van der Waals surface area (Å²) < 4.78 is 10.6. The van der Waals surface area contributed by atoms with E-state index in [4.69, 9.17) is 26.8 Å². The number of hydrogen-bond donors (Lipinski definition) is 3.